The molecule has 1 aromatic heterocycles. The molecule has 4 nitrogen and oxygen atoms in total. The first-order valence-electron chi connectivity index (χ1n) is 5.87. The van der Waals surface area contributed by atoms with Gasteiger partial charge >= 0.3 is 0 Å². The monoisotopic (exact) mass is 277 g/mol. The maximum atomic E-state index is 13.4. The summed E-state index contributed by atoms with van der Waals surface area (Å²) in [5.41, 5.74) is 3.02. The Balaban J connectivity index is 1.99. The molecule has 0 aliphatic rings. The zero-order valence-electron chi connectivity index (χ0n) is 10.5. The Kier molecular flexibility index (Phi) is 4.62. The minimum atomic E-state index is -0.880. The Labute approximate surface area is 114 Å². The molecule has 2 rings (SSSR count). The number of benzene rings is 1. The molecule has 3 N–H and O–H groups in total. The quantitative estimate of drug-likeness (QED) is 0.651. The van der Waals surface area contributed by atoms with E-state index in [9.17, 15) is 8.78 Å². The number of hydrogen-bond acceptors (Lipinski definition) is 4. The second-order valence-electron chi connectivity index (χ2n) is 3.87. The van der Waals surface area contributed by atoms with Crippen LogP contribution >= 0.6 is 0 Å². The molecular formula is C14H13F2N3O. The van der Waals surface area contributed by atoms with Crippen LogP contribution < -0.4 is 16.0 Å². The van der Waals surface area contributed by atoms with Crippen molar-refractivity contribution in [1.29, 1.82) is 0 Å². The number of aromatic nitrogens is 1. The third-order valence-corrected chi connectivity index (χ3v) is 2.46. The predicted octanol–water partition coefficient (Wildman–Crippen LogP) is 2.74. The topological polar surface area (TPSA) is 60.2 Å². The Morgan fingerprint density at radius 2 is 1.95 bits per heavy atom. The molecule has 2 aromatic rings. The van der Waals surface area contributed by atoms with Gasteiger partial charge in [-0.25, -0.2) is 14.6 Å². The number of anilines is 1. The molecule has 0 atom stereocenters. The van der Waals surface area contributed by atoms with Gasteiger partial charge in [0, 0.05) is 6.07 Å². The molecule has 0 radical (unpaired) electrons. The number of nitrogens with one attached hydrogen (secondary N) is 1. The van der Waals surface area contributed by atoms with Crippen LogP contribution in [0.1, 0.15) is 5.56 Å². The minimum Gasteiger partial charge on any atom is -0.471 e. The van der Waals surface area contributed by atoms with Crippen molar-refractivity contribution in [2.24, 2.45) is 5.84 Å². The summed E-state index contributed by atoms with van der Waals surface area (Å²) < 4.78 is 31.6. The number of nitrogen functional groups attached to an aromatic ring is 1. The molecule has 0 spiro atoms. The summed E-state index contributed by atoms with van der Waals surface area (Å²) in [7, 11) is 0. The van der Waals surface area contributed by atoms with E-state index in [4.69, 9.17) is 10.6 Å². The number of ether oxygens (including phenoxy) is 1. The van der Waals surface area contributed by atoms with Crippen molar-refractivity contribution in [3.63, 3.8) is 0 Å². The molecule has 1 heterocycles. The first kappa shape index (κ1) is 14.0. The largest absolute Gasteiger partial charge is 0.471 e. The summed E-state index contributed by atoms with van der Waals surface area (Å²) in [5, 5.41) is 0. The van der Waals surface area contributed by atoms with Crippen LogP contribution in [0.2, 0.25) is 0 Å². The van der Waals surface area contributed by atoms with Crippen molar-refractivity contribution in [2.45, 2.75) is 0 Å². The van der Waals surface area contributed by atoms with Gasteiger partial charge in [0.15, 0.2) is 17.5 Å². The van der Waals surface area contributed by atoms with Gasteiger partial charge in [-0.05, 0) is 11.6 Å². The minimum absolute atomic E-state index is 0.106. The SMILES string of the molecule is NNc1nc(OC/C=C/c2ccccc2)c(F)cc1F. The first-order chi connectivity index (χ1) is 9.70. The lowest BCUT2D eigenvalue weighted by atomic mass is 10.2. The van der Waals surface area contributed by atoms with Crippen molar-refractivity contribution < 1.29 is 13.5 Å². The highest BCUT2D eigenvalue weighted by atomic mass is 19.1. The number of halogens is 2. The highest BCUT2D eigenvalue weighted by molar-refractivity contribution is 5.48. The molecule has 6 heteroatoms. The van der Waals surface area contributed by atoms with Crippen molar-refractivity contribution in [3.05, 3.63) is 59.7 Å². The van der Waals surface area contributed by atoms with Gasteiger partial charge in [0.05, 0.1) is 0 Å². The van der Waals surface area contributed by atoms with Crippen molar-refractivity contribution in [3.8, 4) is 5.88 Å². The third-order valence-electron chi connectivity index (χ3n) is 2.46. The number of hydrazine groups is 1. The van der Waals surface area contributed by atoms with Gasteiger partial charge in [-0.1, -0.05) is 36.4 Å². The van der Waals surface area contributed by atoms with Crippen LogP contribution in [0.15, 0.2) is 42.5 Å². The van der Waals surface area contributed by atoms with Crippen molar-refractivity contribution in [2.75, 3.05) is 12.0 Å². The van der Waals surface area contributed by atoms with Crippen molar-refractivity contribution >= 4 is 11.9 Å². The van der Waals surface area contributed by atoms with Gasteiger partial charge in [0.2, 0.25) is 0 Å². The van der Waals surface area contributed by atoms with E-state index in [1.807, 2.05) is 41.8 Å². The Bertz CT molecular complexity index is 603. The van der Waals surface area contributed by atoms with Crippen LogP contribution in [0.3, 0.4) is 0 Å². The number of nitrogens with two attached hydrogens (primary N) is 1. The average Bonchev–Trinajstić information content (AvgIpc) is 2.46. The van der Waals surface area contributed by atoms with Crippen molar-refractivity contribution in [1.82, 2.24) is 4.98 Å². The molecule has 104 valence electrons. The number of hydrogen-bond donors (Lipinski definition) is 2. The van der Waals surface area contributed by atoms with E-state index in [-0.39, 0.29) is 18.3 Å². The molecule has 0 saturated heterocycles. The predicted molar refractivity (Wildman–Crippen MR) is 72.9 cm³/mol. The number of pyridine rings is 1. The lowest BCUT2D eigenvalue weighted by Crippen LogP contribution is -2.12. The lowest BCUT2D eigenvalue weighted by molar-refractivity contribution is 0.325. The Morgan fingerprint density at radius 1 is 1.20 bits per heavy atom. The summed E-state index contributed by atoms with van der Waals surface area (Å²) in [5.74, 6) is 2.72. The fraction of sp³-hybridized carbons (Fsp3) is 0.0714. The molecule has 0 saturated carbocycles. The molecular weight excluding hydrogens is 264 g/mol. The molecule has 1 aromatic carbocycles. The van der Waals surface area contributed by atoms with Gasteiger partial charge in [0.1, 0.15) is 6.61 Å². The smallest absolute Gasteiger partial charge is 0.252 e. The zero-order valence-corrected chi connectivity index (χ0v) is 10.5. The molecule has 0 bridgehead atoms. The van der Waals surface area contributed by atoms with Gasteiger partial charge in [-0.15, -0.1) is 0 Å². The zero-order chi connectivity index (χ0) is 14.4. The fourth-order valence-electron chi connectivity index (χ4n) is 1.53. The van der Waals surface area contributed by atoms with E-state index >= 15 is 0 Å². The maximum Gasteiger partial charge on any atom is 0.252 e. The standard InChI is InChI=1S/C14H13F2N3O/c15-11-9-12(16)14(18-13(11)19-17)20-8-4-7-10-5-2-1-3-6-10/h1-7,9H,8,17H2,(H,18,19)/b7-4+. The molecule has 0 aliphatic heterocycles. The van der Waals surface area contributed by atoms with Gasteiger partial charge in [0.25, 0.3) is 5.88 Å². The highest BCUT2D eigenvalue weighted by Crippen LogP contribution is 2.20. The molecule has 0 aliphatic carbocycles. The number of nitrogens with zero attached hydrogens (tertiary/aromatic N) is 1. The van der Waals surface area contributed by atoms with Crippen LogP contribution in [-0.2, 0) is 0 Å². The summed E-state index contributed by atoms with van der Waals surface area (Å²) in [4.78, 5) is 3.59. The van der Waals surface area contributed by atoms with Crippen LogP contribution in [-0.4, -0.2) is 11.6 Å². The highest BCUT2D eigenvalue weighted by Gasteiger charge is 2.11. The van der Waals surface area contributed by atoms with E-state index in [2.05, 4.69) is 4.98 Å². The average molecular weight is 277 g/mol. The van der Waals surface area contributed by atoms with E-state index in [1.54, 1.807) is 6.08 Å². The summed E-state index contributed by atoms with van der Waals surface area (Å²) in [6.45, 7) is 0.106. The normalized spacial score (nSPS) is 10.8. The number of rotatable bonds is 5. The molecule has 20 heavy (non-hydrogen) atoms. The van der Waals surface area contributed by atoms with E-state index in [1.165, 1.54) is 0 Å². The summed E-state index contributed by atoms with van der Waals surface area (Å²) in [6, 6.07) is 10.2. The summed E-state index contributed by atoms with van der Waals surface area (Å²) in [6.07, 6.45) is 3.53. The van der Waals surface area contributed by atoms with Gasteiger partial charge in [-0.3, -0.25) is 0 Å². The molecule has 0 unspecified atom stereocenters. The maximum absolute atomic E-state index is 13.4. The lowest BCUT2D eigenvalue weighted by Gasteiger charge is -2.06. The fourth-order valence-corrected chi connectivity index (χ4v) is 1.53. The van der Waals surface area contributed by atoms with Gasteiger partial charge in [-0.2, -0.15) is 4.98 Å². The van der Waals surface area contributed by atoms with E-state index in [0.717, 1.165) is 5.56 Å². The summed E-state index contributed by atoms with van der Waals surface area (Å²) >= 11 is 0. The first-order valence-corrected chi connectivity index (χ1v) is 5.87. The third kappa shape index (κ3) is 3.52. The second kappa shape index (κ2) is 6.63. The van der Waals surface area contributed by atoms with E-state index < -0.39 is 11.6 Å². The van der Waals surface area contributed by atoms with Crippen LogP contribution in [0.4, 0.5) is 14.6 Å². The Hall–Kier alpha value is -2.47. The second-order valence-corrected chi connectivity index (χ2v) is 3.87. The van der Waals surface area contributed by atoms with Crippen LogP contribution in [0.5, 0.6) is 5.88 Å². The van der Waals surface area contributed by atoms with Crippen LogP contribution in [0.25, 0.3) is 6.08 Å². The molecule has 0 amide bonds. The van der Waals surface area contributed by atoms with Gasteiger partial charge < -0.3 is 10.2 Å². The Morgan fingerprint density at radius 3 is 2.65 bits per heavy atom. The molecule has 0 fully saturated rings. The van der Waals surface area contributed by atoms with Crippen LogP contribution in [0, 0.1) is 11.6 Å². The van der Waals surface area contributed by atoms with E-state index in [0.29, 0.717) is 6.07 Å².